The Morgan fingerprint density at radius 2 is 1.21 bits per heavy atom. The zero-order valence-corrected chi connectivity index (χ0v) is 25.8. The summed E-state index contributed by atoms with van der Waals surface area (Å²) in [5.74, 6) is -1.02. The largest absolute Gasteiger partial charge is 0.480 e. The second kappa shape index (κ2) is 14.9. The minimum absolute atomic E-state index is 0.0962. The molecule has 0 aliphatic carbocycles. The van der Waals surface area contributed by atoms with Crippen LogP contribution in [0.4, 0.5) is 4.79 Å². The van der Waals surface area contributed by atoms with Crippen LogP contribution in [0, 0.1) is 0 Å². The molecule has 0 aliphatic heterocycles. The molecule has 0 saturated carbocycles. The van der Waals surface area contributed by atoms with Crippen LogP contribution >= 0.6 is 11.8 Å². The number of hydrazine groups is 1. The Balaban J connectivity index is 1.68. The molecule has 0 heterocycles. The van der Waals surface area contributed by atoms with Crippen molar-refractivity contribution in [3.05, 3.63) is 144 Å². The lowest BCUT2D eigenvalue weighted by atomic mass is 9.84. The van der Waals surface area contributed by atoms with Gasteiger partial charge in [0.25, 0.3) is 0 Å². The molecule has 43 heavy (non-hydrogen) atoms. The molecular weight excluding hydrogens is 556 g/mol. The van der Waals surface area contributed by atoms with E-state index in [1.807, 2.05) is 72.8 Å². The van der Waals surface area contributed by atoms with Crippen molar-refractivity contribution in [1.29, 1.82) is 0 Å². The molecule has 7 heteroatoms. The number of rotatable bonds is 13. The molecule has 224 valence electrons. The Morgan fingerprint density at radius 3 is 1.63 bits per heavy atom. The second-order valence-electron chi connectivity index (χ2n) is 11.3. The van der Waals surface area contributed by atoms with Crippen molar-refractivity contribution in [3.63, 3.8) is 0 Å². The van der Waals surface area contributed by atoms with E-state index < -0.39 is 28.5 Å². The summed E-state index contributed by atoms with van der Waals surface area (Å²) in [7, 11) is 0. The van der Waals surface area contributed by atoms with Crippen LogP contribution in [0.25, 0.3) is 0 Å². The fourth-order valence-corrected chi connectivity index (χ4v) is 6.59. The van der Waals surface area contributed by atoms with Gasteiger partial charge in [-0.25, -0.2) is 20.0 Å². The molecule has 0 unspecified atom stereocenters. The number of carboxylic acid groups (broad SMARTS) is 1. The Bertz CT molecular complexity index is 1330. The molecule has 4 aromatic rings. The highest BCUT2D eigenvalue weighted by Gasteiger charge is 2.41. The minimum atomic E-state index is -1.20. The minimum Gasteiger partial charge on any atom is -0.480 e. The zero-order chi connectivity index (χ0) is 30.7. The molecule has 4 aromatic carbocycles. The van der Waals surface area contributed by atoms with Crippen molar-refractivity contribution >= 4 is 23.8 Å². The number of hydrogen-bond donors (Lipinski definition) is 2. The first-order valence-corrected chi connectivity index (χ1v) is 15.5. The lowest BCUT2D eigenvalue weighted by Gasteiger charge is -2.38. The van der Waals surface area contributed by atoms with Gasteiger partial charge >= 0.3 is 12.1 Å². The Morgan fingerprint density at radius 1 is 0.767 bits per heavy atom. The molecular formula is C36H40N2O4S. The number of amides is 1. The summed E-state index contributed by atoms with van der Waals surface area (Å²) in [6.07, 6.45) is 0.789. The summed E-state index contributed by atoms with van der Waals surface area (Å²) in [5.41, 5.74) is 6.54. The monoisotopic (exact) mass is 596 g/mol. The van der Waals surface area contributed by atoms with Crippen molar-refractivity contribution in [3.8, 4) is 0 Å². The van der Waals surface area contributed by atoms with Crippen LogP contribution in [0.15, 0.2) is 121 Å². The molecule has 1 atom stereocenters. The topological polar surface area (TPSA) is 78.9 Å². The fraction of sp³-hybridized carbons (Fsp3) is 0.278. The van der Waals surface area contributed by atoms with Crippen molar-refractivity contribution in [1.82, 2.24) is 10.4 Å². The third-order valence-corrected chi connectivity index (χ3v) is 8.58. The Kier molecular flexibility index (Phi) is 11.0. The molecule has 6 nitrogen and oxygen atoms in total. The maximum Gasteiger partial charge on any atom is 0.425 e. The lowest BCUT2D eigenvalue weighted by Crippen LogP contribution is -2.56. The van der Waals surface area contributed by atoms with E-state index in [-0.39, 0.29) is 5.75 Å². The summed E-state index contributed by atoms with van der Waals surface area (Å²) in [4.78, 5) is 26.4. The molecule has 0 bridgehead atoms. The number of carbonyl (C=O) groups is 2. The number of ether oxygens (including phenoxy) is 1. The van der Waals surface area contributed by atoms with E-state index in [1.54, 1.807) is 20.8 Å². The number of aryl methyl sites for hydroxylation is 1. The van der Waals surface area contributed by atoms with Crippen LogP contribution in [0.3, 0.4) is 0 Å². The van der Waals surface area contributed by atoms with E-state index in [9.17, 15) is 14.7 Å². The summed E-state index contributed by atoms with van der Waals surface area (Å²) in [6, 6.07) is 39.1. The number of carboxylic acids is 1. The highest BCUT2D eigenvalue weighted by Crippen LogP contribution is 2.48. The predicted octanol–water partition coefficient (Wildman–Crippen LogP) is 7.54. The smallest absolute Gasteiger partial charge is 0.425 e. The number of nitrogens with zero attached hydrogens (tertiary/aromatic N) is 1. The summed E-state index contributed by atoms with van der Waals surface area (Å²) in [5, 5.41) is 11.7. The van der Waals surface area contributed by atoms with E-state index in [1.165, 1.54) is 17.3 Å². The van der Waals surface area contributed by atoms with E-state index in [0.29, 0.717) is 13.0 Å². The van der Waals surface area contributed by atoms with Crippen molar-refractivity contribution in [2.75, 3.05) is 12.3 Å². The normalized spacial score (nSPS) is 12.3. The maximum atomic E-state index is 13.5. The maximum absolute atomic E-state index is 13.5. The van der Waals surface area contributed by atoms with Gasteiger partial charge in [0.2, 0.25) is 0 Å². The van der Waals surface area contributed by atoms with E-state index in [2.05, 4.69) is 54.0 Å². The lowest BCUT2D eigenvalue weighted by molar-refractivity contribution is -0.143. The highest BCUT2D eigenvalue weighted by molar-refractivity contribution is 8.00. The van der Waals surface area contributed by atoms with Gasteiger partial charge in [-0.3, -0.25) is 0 Å². The molecule has 0 saturated heterocycles. The van der Waals surface area contributed by atoms with E-state index >= 15 is 0 Å². The van der Waals surface area contributed by atoms with Gasteiger partial charge in [-0.05, 0) is 55.9 Å². The predicted molar refractivity (Wildman–Crippen MR) is 174 cm³/mol. The molecule has 0 radical (unpaired) electrons. The molecule has 2 N–H and O–H groups in total. The van der Waals surface area contributed by atoms with Crippen molar-refractivity contribution in [2.24, 2.45) is 0 Å². The van der Waals surface area contributed by atoms with Crippen LogP contribution < -0.4 is 5.43 Å². The van der Waals surface area contributed by atoms with Gasteiger partial charge in [0.05, 0.1) is 4.75 Å². The second-order valence-corrected chi connectivity index (χ2v) is 12.5. The number of nitrogens with one attached hydrogen (secondary N) is 1. The van der Waals surface area contributed by atoms with Gasteiger partial charge in [-0.2, -0.15) is 0 Å². The Labute approximate surface area is 259 Å². The molecule has 0 aromatic heterocycles. The Hall–Kier alpha value is -4.07. The first-order valence-electron chi connectivity index (χ1n) is 14.5. The summed E-state index contributed by atoms with van der Waals surface area (Å²) in [6.45, 7) is 5.72. The number of aliphatic carboxylic acids is 1. The summed E-state index contributed by atoms with van der Waals surface area (Å²) < 4.78 is 4.95. The molecule has 1 amide bonds. The molecule has 4 rings (SSSR count). The van der Waals surface area contributed by atoms with Crippen molar-refractivity contribution < 1.29 is 19.4 Å². The molecule has 0 aliphatic rings. The van der Waals surface area contributed by atoms with E-state index in [4.69, 9.17) is 4.74 Å². The third-order valence-electron chi connectivity index (χ3n) is 6.95. The van der Waals surface area contributed by atoms with E-state index in [0.717, 1.165) is 28.1 Å². The van der Waals surface area contributed by atoms with Crippen LogP contribution in [0.1, 0.15) is 49.4 Å². The third kappa shape index (κ3) is 8.49. The highest BCUT2D eigenvalue weighted by atomic mass is 32.2. The number of thioether (sulfide) groups is 1. The van der Waals surface area contributed by atoms with Gasteiger partial charge in [-0.1, -0.05) is 121 Å². The van der Waals surface area contributed by atoms with Gasteiger partial charge in [0, 0.05) is 12.3 Å². The van der Waals surface area contributed by atoms with Crippen LogP contribution in [-0.4, -0.2) is 46.1 Å². The van der Waals surface area contributed by atoms with Crippen LogP contribution in [0.5, 0.6) is 0 Å². The van der Waals surface area contributed by atoms with Crippen LogP contribution in [0.2, 0.25) is 0 Å². The average molecular weight is 597 g/mol. The number of benzene rings is 4. The van der Waals surface area contributed by atoms with Crippen LogP contribution in [-0.2, 0) is 20.7 Å². The SMILES string of the molecule is CC(C)(C)OC(=O)N(NCCCc1ccccc1)[C@@H](CSC(c1ccccc1)(c1ccccc1)c1ccccc1)C(=O)O. The van der Waals surface area contributed by atoms with Crippen molar-refractivity contribution in [2.45, 2.75) is 50.0 Å². The van der Waals surface area contributed by atoms with Gasteiger partial charge in [-0.15, -0.1) is 11.8 Å². The summed E-state index contributed by atoms with van der Waals surface area (Å²) >= 11 is 1.49. The number of carbonyl (C=O) groups excluding carboxylic acids is 1. The molecule has 0 fully saturated rings. The average Bonchev–Trinajstić information content (AvgIpc) is 3.01. The fourth-order valence-electron chi connectivity index (χ4n) is 4.98. The van der Waals surface area contributed by atoms with Gasteiger partial charge < -0.3 is 9.84 Å². The van der Waals surface area contributed by atoms with Gasteiger partial charge in [0.15, 0.2) is 6.04 Å². The quantitative estimate of drug-likeness (QED) is 0.0943. The number of hydrogen-bond acceptors (Lipinski definition) is 5. The molecule has 0 spiro atoms. The zero-order valence-electron chi connectivity index (χ0n) is 25.0. The standard InChI is InChI=1S/C36H40N2O4S/c1-35(2,3)42-34(41)38(37-26-16-19-28-17-8-4-9-18-28)32(33(39)40)27-43-36(29-20-10-5-11-21-29,30-22-12-6-13-23-30)31-24-14-7-15-25-31/h4-15,17-18,20-25,32,37H,16,19,26-27H2,1-3H3,(H,39,40)/t32-/m0/s1. The van der Waals surface area contributed by atoms with Gasteiger partial charge in [0.1, 0.15) is 5.60 Å². The first kappa shape index (κ1) is 31.9. The first-order chi connectivity index (χ1) is 20.7.